The number of para-hydroxylation sites is 1. The first kappa shape index (κ1) is 30.5. The van der Waals surface area contributed by atoms with Gasteiger partial charge in [-0.3, -0.25) is 0 Å². The summed E-state index contributed by atoms with van der Waals surface area (Å²) in [5.74, 6) is -0.0410. The van der Waals surface area contributed by atoms with Crippen LogP contribution >= 0.6 is 0 Å². The van der Waals surface area contributed by atoms with Gasteiger partial charge in [-0.05, 0) is 77.2 Å². The van der Waals surface area contributed by atoms with Crippen LogP contribution in [0.15, 0.2) is 78.9 Å². The topological polar surface area (TPSA) is 85.3 Å². The Hall–Kier alpha value is -4.99. The molecule has 0 bridgehead atoms. The zero-order chi connectivity index (χ0) is 31.6. The molecule has 1 heterocycles. The van der Waals surface area contributed by atoms with Crippen molar-refractivity contribution in [1.29, 1.82) is 0 Å². The van der Waals surface area contributed by atoms with Crippen LogP contribution in [0.25, 0.3) is 22.3 Å². The van der Waals surface area contributed by atoms with E-state index in [0.717, 1.165) is 28.8 Å². The van der Waals surface area contributed by atoms with Crippen LogP contribution in [0.1, 0.15) is 45.1 Å². The number of carbonyl (C=O) groups excluding carboxylic acids is 1. The van der Waals surface area contributed by atoms with Gasteiger partial charge in [-0.15, -0.1) is 0 Å². The molecule has 4 aromatic carbocycles. The van der Waals surface area contributed by atoms with Gasteiger partial charge in [0.1, 0.15) is 17.6 Å². The largest absolute Gasteiger partial charge is 0.496 e. The van der Waals surface area contributed by atoms with Gasteiger partial charge >= 0.3 is 18.2 Å². The number of hydrogen-bond acceptors (Lipinski definition) is 5. The molecule has 0 saturated carbocycles. The first-order valence-corrected chi connectivity index (χ1v) is 13.8. The quantitative estimate of drug-likeness (QED) is 0.218. The highest BCUT2D eigenvalue weighted by Gasteiger charge is 2.34. The zero-order valence-corrected chi connectivity index (χ0v) is 24.3. The normalized spacial score (nSPS) is 15.1. The molecule has 1 N–H and O–H groups in total. The van der Waals surface area contributed by atoms with Crippen molar-refractivity contribution in [3.63, 3.8) is 0 Å². The Balaban J connectivity index is 1.52. The molecule has 0 spiro atoms. The van der Waals surface area contributed by atoms with Gasteiger partial charge in [0.05, 0.1) is 25.3 Å². The zero-order valence-electron chi connectivity index (χ0n) is 24.3. The van der Waals surface area contributed by atoms with Crippen LogP contribution in [0.5, 0.6) is 11.5 Å². The van der Waals surface area contributed by atoms with E-state index in [1.807, 2.05) is 18.2 Å². The third-order valence-electron chi connectivity index (χ3n) is 7.72. The number of cyclic esters (lactones) is 1. The highest BCUT2D eigenvalue weighted by Crippen LogP contribution is 2.41. The summed E-state index contributed by atoms with van der Waals surface area (Å²) in [5, 5.41) is 9.35. The highest BCUT2D eigenvalue weighted by atomic mass is 19.4. The summed E-state index contributed by atoms with van der Waals surface area (Å²) in [6, 6.07) is 20.7. The number of carbonyl (C=O) groups is 2. The van der Waals surface area contributed by atoms with Crippen LogP contribution in [0.3, 0.4) is 0 Å². The minimum atomic E-state index is -4.60. The minimum Gasteiger partial charge on any atom is -0.496 e. The Labute approximate surface area is 252 Å². The summed E-state index contributed by atoms with van der Waals surface area (Å²) in [5.41, 5.74) is 3.46. The number of carboxylic acids is 1. The number of benzene rings is 4. The van der Waals surface area contributed by atoms with E-state index >= 15 is 0 Å². The number of nitrogens with zero attached hydrogens (tertiary/aromatic N) is 1. The van der Waals surface area contributed by atoms with Crippen molar-refractivity contribution in [2.24, 2.45) is 0 Å². The van der Waals surface area contributed by atoms with Gasteiger partial charge in [0.2, 0.25) is 0 Å². The van der Waals surface area contributed by atoms with E-state index in [4.69, 9.17) is 14.2 Å². The van der Waals surface area contributed by atoms with Crippen LogP contribution in [0.2, 0.25) is 0 Å². The van der Waals surface area contributed by atoms with E-state index < -0.39 is 29.9 Å². The summed E-state index contributed by atoms with van der Waals surface area (Å²) in [6.07, 6.45) is -5.38. The molecule has 7 nitrogen and oxygen atoms in total. The molecular formula is C34H30F3NO6. The van der Waals surface area contributed by atoms with Crippen molar-refractivity contribution in [3.8, 4) is 33.8 Å². The lowest BCUT2D eigenvalue weighted by molar-refractivity contribution is -0.137. The molecule has 4 aromatic rings. The molecule has 0 aromatic heterocycles. The Morgan fingerprint density at radius 1 is 0.932 bits per heavy atom. The molecular weight excluding hydrogens is 575 g/mol. The van der Waals surface area contributed by atoms with Crippen LogP contribution in [0, 0.1) is 6.92 Å². The van der Waals surface area contributed by atoms with Crippen LogP contribution < -0.4 is 9.47 Å². The van der Waals surface area contributed by atoms with Crippen LogP contribution in [-0.4, -0.2) is 42.8 Å². The molecule has 44 heavy (non-hydrogen) atoms. The Morgan fingerprint density at radius 3 is 2.32 bits per heavy atom. The lowest BCUT2D eigenvalue weighted by atomic mass is 9.91. The summed E-state index contributed by atoms with van der Waals surface area (Å²) in [6.45, 7) is 1.91. The number of amides is 1. The number of alkyl halides is 3. The Morgan fingerprint density at radius 2 is 1.66 bits per heavy atom. The third kappa shape index (κ3) is 6.20. The standard InChI is InChI=1S/C34H30F3NO6/c1-20-16-22(32(39)40)8-11-25(20)21-9-13-30(43-3)28(18-21)26-12-10-24(34(35,36)37)17-23(26)19-38-15-14-31(44-33(38)41)27-6-4-5-7-29(27)42-2/h4-13,16-18,31H,14-15,19H2,1-3H3,(H,39,40)/t31-/m0/s1. The summed E-state index contributed by atoms with van der Waals surface area (Å²) < 4.78 is 58.3. The lowest BCUT2D eigenvalue weighted by Crippen LogP contribution is -2.38. The third-order valence-corrected chi connectivity index (χ3v) is 7.72. The molecule has 1 fully saturated rings. The Bertz CT molecular complexity index is 1720. The van der Waals surface area contributed by atoms with Crippen molar-refractivity contribution in [3.05, 3.63) is 107 Å². The molecule has 228 valence electrons. The number of rotatable bonds is 8. The van der Waals surface area contributed by atoms with Crippen molar-refractivity contribution >= 4 is 12.1 Å². The average Bonchev–Trinajstić information content (AvgIpc) is 3.01. The number of hydrogen-bond donors (Lipinski definition) is 1. The number of halogens is 3. The first-order valence-electron chi connectivity index (χ1n) is 13.8. The molecule has 1 amide bonds. The van der Waals surface area contributed by atoms with Crippen molar-refractivity contribution in [2.45, 2.75) is 32.2 Å². The van der Waals surface area contributed by atoms with E-state index in [1.165, 1.54) is 31.3 Å². The van der Waals surface area contributed by atoms with Crippen molar-refractivity contribution in [2.75, 3.05) is 20.8 Å². The first-order chi connectivity index (χ1) is 21.0. The van der Waals surface area contributed by atoms with Gasteiger partial charge in [-0.25, -0.2) is 9.59 Å². The van der Waals surface area contributed by atoms with Crippen molar-refractivity contribution < 1.29 is 42.1 Å². The fourth-order valence-corrected chi connectivity index (χ4v) is 5.49. The number of aromatic carboxylic acids is 1. The molecule has 1 aliphatic heterocycles. The van der Waals surface area contributed by atoms with Gasteiger partial charge in [-0.2, -0.15) is 13.2 Å². The summed E-state index contributed by atoms with van der Waals surface area (Å²) >= 11 is 0. The fourth-order valence-electron chi connectivity index (χ4n) is 5.49. The predicted molar refractivity (Wildman–Crippen MR) is 158 cm³/mol. The second-order valence-corrected chi connectivity index (χ2v) is 10.4. The van der Waals surface area contributed by atoms with Gasteiger partial charge in [-0.1, -0.05) is 36.4 Å². The summed E-state index contributed by atoms with van der Waals surface area (Å²) in [7, 11) is 3.00. The molecule has 10 heteroatoms. The van der Waals surface area contributed by atoms with E-state index in [0.29, 0.717) is 34.6 Å². The SMILES string of the molecule is COc1ccc(-c2ccc(C(=O)O)cc2C)cc1-c1ccc(C(F)(F)F)cc1CN1CC[C@@H](c2ccccc2OC)OC1=O. The van der Waals surface area contributed by atoms with E-state index in [1.54, 1.807) is 43.3 Å². The monoisotopic (exact) mass is 605 g/mol. The molecule has 0 unspecified atom stereocenters. The molecule has 0 radical (unpaired) electrons. The smallest absolute Gasteiger partial charge is 0.416 e. The summed E-state index contributed by atoms with van der Waals surface area (Å²) in [4.78, 5) is 26.0. The molecule has 1 saturated heterocycles. The number of aryl methyl sites for hydroxylation is 1. The maximum atomic E-state index is 13.8. The molecule has 0 aliphatic carbocycles. The fraction of sp³-hybridized carbons (Fsp3) is 0.235. The maximum Gasteiger partial charge on any atom is 0.416 e. The van der Waals surface area contributed by atoms with Crippen LogP contribution in [0.4, 0.5) is 18.0 Å². The second kappa shape index (κ2) is 12.3. The lowest BCUT2D eigenvalue weighted by Gasteiger charge is -2.33. The Kier molecular flexibility index (Phi) is 8.53. The highest BCUT2D eigenvalue weighted by molar-refractivity contribution is 5.89. The molecule has 5 rings (SSSR count). The maximum absolute atomic E-state index is 13.8. The van der Waals surface area contributed by atoms with Gasteiger partial charge in [0.25, 0.3) is 0 Å². The van der Waals surface area contributed by atoms with E-state index in [2.05, 4.69) is 0 Å². The second-order valence-electron chi connectivity index (χ2n) is 10.4. The number of carboxylic acid groups (broad SMARTS) is 1. The van der Waals surface area contributed by atoms with Gasteiger partial charge in [0.15, 0.2) is 0 Å². The average molecular weight is 606 g/mol. The van der Waals surface area contributed by atoms with Gasteiger partial charge in [0, 0.05) is 30.6 Å². The van der Waals surface area contributed by atoms with Crippen LogP contribution in [-0.2, 0) is 17.5 Å². The predicted octanol–water partition coefficient (Wildman–Crippen LogP) is 8.15. The molecule has 1 aliphatic rings. The minimum absolute atomic E-state index is 0.129. The number of methoxy groups -OCH3 is 2. The number of ether oxygens (including phenoxy) is 3. The van der Waals surface area contributed by atoms with E-state index in [9.17, 15) is 27.9 Å². The van der Waals surface area contributed by atoms with E-state index in [-0.39, 0.29) is 24.2 Å². The molecule has 1 atom stereocenters. The van der Waals surface area contributed by atoms with Crippen molar-refractivity contribution in [1.82, 2.24) is 4.90 Å². The van der Waals surface area contributed by atoms with Gasteiger partial charge < -0.3 is 24.2 Å².